The van der Waals surface area contributed by atoms with E-state index in [2.05, 4.69) is 13.8 Å². The van der Waals surface area contributed by atoms with E-state index in [0.717, 1.165) is 38.0 Å². The van der Waals surface area contributed by atoms with Crippen LogP contribution in [0.2, 0.25) is 0 Å². The van der Waals surface area contributed by atoms with Crippen molar-refractivity contribution in [2.45, 2.75) is 110 Å². The summed E-state index contributed by atoms with van der Waals surface area (Å²) in [5.41, 5.74) is 0.696. The Bertz CT molecular complexity index is 741. The maximum atomic E-state index is 12.9. The summed E-state index contributed by atoms with van der Waals surface area (Å²) in [5, 5.41) is 0. The number of unbranched alkanes of at least 4 members (excludes halogenated alkanes) is 2. The van der Waals surface area contributed by atoms with Crippen LogP contribution in [-0.4, -0.2) is 24.1 Å². The van der Waals surface area contributed by atoms with Crippen LogP contribution in [-0.2, 0) is 19.1 Å². The highest BCUT2D eigenvalue weighted by atomic mass is 16.5. The van der Waals surface area contributed by atoms with E-state index in [1.165, 1.54) is 38.5 Å². The van der Waals surface area contributed by atoms with Gasteiger partial charge in [-0.3, -0.25) is 14.4 Å². The second-order valence-corrected chi connectivity index (χ2v) is 10.0. The monoisotopic (exact) mass is 470 g/mol. The molecule has 2 unspecified atom stereocenters. The van der Waals surface area contributed by atoms with Gasteiger partial charge in [-0.2, -0.15) is 0 Å². The van der Waals surface area contributed by atoms with Gasteiger partial charge in [0.15, 0.2) is 5.78 Å². The molecule has 1 aliphatic rings. The van der Waals surface area contributed by atoms with Crippen LogP contribution >= 0.6 is 0 Å². The molecule has 4 heteroatoms. The summed E-state index contributed by atoms with van der Waals surface area (Å²) in [7, 11) is 0. The first kappa shape index (κ1) is 28.3. The first-order valence-corrected chi connectivity index (χ1v) is 13.8. The van der Waals surface area contributed by atoms with Crippen LogP contribution in [0.25, 0.3) is 0 Å². The number of hydrogen-bond donors (Lipinski definition) is 0. The second-order valence-electron chi connectivity index (χ2n) is 10.0. The summed E-state index contributed by atoms with van der Waals surface area (Å²) < 4.78 is 5.17. The van der Waals surface area contributed by atoms with Crippen molar-refractivity contribution in [2.24, 2.45) is 17.8 Å². The second kappa shape index (κ2) is 15.8. The van der Waals surface area contributed by atoms with Gasteiger partial charge in [0.2, 0.25) is 0 Å². The zero-order chi connectivity index (χ0) is 24.8. The fraction of sp³-hybridized carbons (Fsp3) is 0.700. The third-order valence-electron chi connectivity index (χ3n) is 7.64. The highest BCUT2D eigenvalue weighted by molar-refractivity contribution is 6.04. The molecule has 0 bridgehead atoms. The Kier molecular flexibility index (Phi) is 13.2. The summed E-state index contributed by atoms with van der Waals surface area (Å²) in [6.45, 7) is 6.58. The molecular weight excluding hydrogens is 424 g/mol. The standard InChI is InChI=1S/C30H46O4/c1-4-7-14-23(5-2)15-13-18-24-21-22-27(31)26(24)19-11-12-20-28(32)29(30(33)34-6-3)25-16-9-8-10-17-25/h8-10,16-17,23-24,26,29H,4-7,11-15,18-22H2,1-3H3/t23?,24-,26+,29?/m0/s1. The third kappa shape index (κ3) is 9.00. The van der Waals surface area contributed by atoms with Gasteiger partial charge in [-0.25, -0.2) is 0 Å². The van der Waals surface area contributed by atoms with Gasteiger partial charge in [-0.1, -0.05) is 89.1 Å². The average molecular weight is 471 g/mol. The molecule has 2 rings (SSSR count). The van der Waals surface area contributed by atoms with E-state index < -0.39 is 11.9 Å². The first-order valence-electron chi connectivity index (χ1n) is 13.8. The molecule has 0 aliphatic heterocycles. The summed E-state index contributed by atoms with van der Waals surface area (Å²) >= 11 is 0. The largest absolute Gasteiger partial charge is 0.465 e. The smallest absolute Gasteiger partial charge is 0.321 e. The number of ketones is 2. The lowest BCUT2D eigenvalue weighted by Gasteiger charge is -2.20. The molecular formula is C30H46O4. The van der Waals surface area contributed by atoms with Gasteiger partial charge in [0, 0.05) is 18.8 Å². The summed E-state index contributed by atoms with van der Waals surface area (Å²) in [4.78, 5) is 37.9. The molecule has 190 valence electrons. The number of rotatable bonds is 17. The van der Waals surface area contributed by atoms with Crippen LogP contribution in [0.5, 0.6) is 0 Å². The van der Waals surface area contributed by atoms with Crippen molar-refractivity contribution in [3.8, 4) is 0 Å². The normalized spacial score (nSPS) is 19.7. The van der Waals surface area contributed by atoms with E-state index in [1.54, 1.807) is 6.92 Å². The van der Waals surface area contributed by atoms with Crippen molar-refractivity contribution < 1.29 is 19.1 Å². The van der Waals surface area contributed by atoms with E-state index in [1.807, 2.05) is 30.3 Å². The average Bonchev–Trinajstić information content (AvgIpc) is 3.19. The molecule has 1 fully saturated rings. The van der Waals surface area contributed by atoms with Crippen molar-refractivity contribution in [1.82, 2.24) is 0 Å². The van der Waals surface area contributed by atoms with E-state index in [4.69, 9.17) is 4.74 Å². The van der Waals surface area contributed by atoms with Crippen LogP contribution in [0.3, 0.4) is 0 Å². The van der Waals surface area contributed by atoms with Gasteiger partial charge in [0.05, 0.1) is 6.61 Å². The van der Waals surface area contributed by atoms with Crippen LogP contribution in [0.4, 0.5) is 0 Å². The molecule has 0 saturated heterocycles. The number of ether oxygens (including phenoxy) is 1. The lowest BCUT2D eigenvalue weighted by atomic mass is 9.84. The quantitative estimate of drug-likeness (QED) is 0.135. The maximum Gasteiger partial charge on any atom is 0.321 e. The number of Topliss-reactive ketones (excluding diaryl/α,β-unsaturated/α-hetero) is 2. The van der Waals surface area contributed by atoms with Crippen molar-refractivity contribution in [3.05, 3.63) is 35.9 Å². The number of esters is 1. The molecule has 0 aromatic heterocycles. The lowest BCUT2D eigenvalue weighted by molar-refractivity contribution is -0.148. The molecule has 0 amide bonds. The minimum Gasteiger partial charge on any atom is -0.465 e. The molecule has 0 heterocycles. The van der Waals surface area contributed by atoms with Crippen LogP contribution in [0, 0.1) is 17.8 Å². The Morgan fingerprint density at radius 2 is 1.71 bits per heavy atom. The lowest BCUT2D eigenvalue weighted by Crippen LogP contribution is -2.24. The summed E-state index contributed by atoms with van der Waals surface area (Å²) in [6, 6.07) is 9.18. The Morgan fingerprint density at radius 3 is 2.38 bits per heavy atom. The molecule has 1 aromatic carbocycles. The van der Waals surface area contributed by atoms with Crippen molar-refractivity contribution in [3.63, 3.8) is 0 Å². The minimum absolute atomic E-state index is 0.0864. The summed E-state index contributed by atoms with van der Waals surface area (Å²) in [5.74, 6) is 0.540. The van der Waals surface area contributed by atoms with E-state index >= 15 is 0 Å². The minimum atomic E-state index is -0.846. The van der Waals surface area contributed by atoms with Crippen LogP contribution in [0.15, 0.2) is 30.3 Å². The highest BCUT2D eigenvalue weighted by Gasteiger charge is 2.34. The molecule has 1 aromatic rings. The number of carbonyl (C=O) groups excluding carboxylic acids is 3. The van der Waals surface area contributed by atoms with E-state index in [9.17, 15) is 14.4 Å². The highest BCUT2D eigenvalue weighted by Crippen LogP contribution is 2.37. The topological polar surface area (TPSA) is 60.4 Å². The van der Waals surface area contributed by atoms with Gasteiger partial charge in [0.25, 0.3) is 0 Å². The Labute approximate surface area is 207 Å². The maximum absolute atomic E-state index is 12.9. The van der Waals surface area contributed by atoms with Crippen molar-refractivity contribution in [1.29, 1.82) is 0 Å². The SMILES string of the molecule is CCCCC(CC)CCC[C@H]1CCC(=O)[C@@H]1CCCCC(=O)C(C(=O)OCC)c1ccccc1. The van der Waals surface area contributed by atoms with Gasteiger partial charge in [-0.15, -0.1) is 0 Å². The fourth-order valence-corrected chi connectivity index (χ4v) is 5.57. The molecule has 0 spiro atoms. The molecule has 34 heavy (non-hydrogen) atoms. The Balaban J connectivity index is 1.80. The molecule has 4 atom stereocenters. The number of benzene rings is 1. The number of hydrogen-bond acceptors (Lipinski definition) is 4. The zero-order valence-electron chi connectivity index (χ0n) is 21.7. The Hall–Kier alpha value is -1.97. The molecule has 4 nitrogen and oxygen atoms in total. The predicted octanol–water partition coefficient (Wildman–Crippen LogP) is 7.44. The predicted molar refractivity (Wildman–Crippen MR) is 138 cm³/mol. The molecule has 0 radical (unpaired) electrons. The summed E-state index contributed by atoms with van der Waals surface area (Å²) in [6.07, 6.45) is 13.4. The van der Waals surface area contributed by atoms with Crippen molar-refractivity contribution >= 4 is 17.5 Å². The van der Waals surface area contributed by atoms with Gasteiger partial charge < -0.3 is 4.74 Å². The fourth-order valence-electron chi connectivity index (χ4n) is 5.57. The first-order chi connectivity index (χ1) is 16.5. The molecule has 1 saturated carbocycles. The van der Waals surface area contributed by atoms with Gasteiger partial charge in [-0.05, 0) is 50.0 Å². The van der Waals surface area contributed by atoms with Gasteiger partial charge in [0.1, 0.15) is 11.7 Å². The van der Waals surface area contributed by atoms with Crippen LogP contribution < -0.4 is 0 Å². The molecule has 0 N–H and O–H groups in total. The van der Waals surface area contributed by atoms with Crippen molar-refractivity contribution in [2.75, 3.05) is 6.61 Å². The number of carbonyl (C=O) groups is 3. The third-order valence-corrected chi connectivity index (χ3v) is 7.64. The Morgan fingerprint density at radius 1 is 0.971 bits per heavy atom. The van der Waals surface area contributed by atoms with E-state index in [-0.39, 0.29) is 18.3 Å². The van der Waals surface area contributed by atoms with Gasteiger partial charge >= 0.3 is 5.97 Å². The van der Waals surface area contributed by atoms with Crippen LogP contribution in [0.1, 0.15) is 116 Å². The zero-order valence-corrected chi connectivity index (χ0v) is 21.7. The van der Waals surface area contributed by atoms with E-state index in [0.29, 0.717) is 30.1 Å². The molecule has 1 aliphatic carbocycles.